The Morgan fingerprint density at radius 2 is 1.85 bits per heavy atom. The number of alkyl halides is 1. The minimum absolute atomic E-state index is 0.142. The lowest BCUT2D eigenvalue weighted by molar-refractivity contribution is -0.277. The molecule has 3 aromatic carbocycles. The Labute approximate surface area is 228 Å². The molecule has 4 aromatic rings. The highest BCUT2D eigenvalue weighted by Crippen LogP contribution is 2.46. The van der Waals surface area contributed by atoms with Crippen LogP contribution in [0.1, 0.15) is 22.0 Å². The predicted octanol–water partition coefficient (Wildman–Crippen LogP) is 2.06. The Balaban J connectivity index is 1.43. The summed E-state index contributed by atoms with van der Waals surface area (Å²) in [6, 6.07) is 16.3. The van der Waals surface area contributed by atoms with Gasteiger partial charge in [-0.2, -0.15) is 0 Å². The molecule has 7 N–H and O–H groups in total. The Morgan fingerprint density at radius 1 is 1.08 bits per heavy atom. The number of anilines is 2. The van der Waals surface area contributed by atoms with Gasteiger partial charge < -0.3 is 45.5 Å². The lowest BCUT2D eigenvalue weighted by Gasteiger charge is -2.39. The molecule has 6 atom stereocenters. The number of carbonyl (C=O) groups is 1. The van der Waals surface area contributed by atoms with E-state index in [9.17, 15) is 25.2 Å². The Kier molecular flexibility index (Phi) is 6.62. The molecule has 4 unspecified atom stereocenters. The van der Waals surface area contributed by atoms with Crippen LogP contribution in [-0.4, -0.2) is 81.1 Å². The van der Waals surface area contributed by atoms with E-state index >= 15 is 0 Å². The van der Waals surface area contributed by atoms with Crippen molar-refractivity contribution in [3.63, 3.8) is 0 Å². The first-order valence-electron chi connectivity index (χ1n) is 12.6. The summed E-state index contributed by atoms with van der Waals surface area (Å²) in [6.45, 7) is -0.228. The van der Waals surface area contributed by atoms with Crippen molar-refractivity contribution in [3.8, 4) is 5.75 Å². The molecule has 6 rings (SSSR count). The second-order valence-corrected chi connectivity index (χ2v) is 10.3. The number of H-pyrrole nitrogens is 1. The first kappa shape index (κ1) is 25.9. The molecular formula is C28H28ClN3O7. The van der Waals surface area contributed by atoms with Gasteiger partial charge in [0.25, 0.3) is 5.91 Å². The van der Waals surface area contributed by atoms with Gasteiger partial charge in [0.1, 0.15) is 35.9 Å². The van der Waals surface area contributed by atoms with Gasteiger partial charge in [-0.3, -0.25) is 4.79 Å². The summed E-state index contributed by atoms with van der Waals surface area (Å²) in [5, 5.41) is 42.9. The lowest BCUT2D eigenvalue weighted by Crippen LogP contribution is -2.60. The summed E-state index contributed by atoms with van der Waals surface area (Å²) in [4.78, 5) is 18.6. The van der Waals surface area contributed by atoms with Gasteiger partial charge in [-0.05, 0) is 35.2 Å². The van der Waals surface area contributed by atoms with E-state index in [0.717, 1.165) is 21.9 Å². The van der Waals surface area contributed by atoms with Crippen molar-refractivity contribution in [2.75, 3.05) is 29.7 Å². The van der Waals surface area contributed by atoms with E-state index in [2.05, 4.69) is 4.98 Å². The maximum Gasteiger partial charge on any atom is 0.274 e. The summed E-state index contributed by atoms with van der Waals surface area (Å²) in [6.07, 6.45) is -7.18. The largest absolute Gasteiger partial charge is 0.461 e. The van der Waals surface area contributed by atoms with Crippen molar-refractivity contribution in [1.29, 1.82) is 0 Å². The van der Waals surface area contributed by atoms with Gasteiger partial charge in [0.2, 0.25) is 6.29 Å². The number of aliphatic hydroxyl groups excluding tert-OH is 4. The van der Waals surface area contributed by atoms with E-state index in [4.69, 9.17) is 26.8 Å². The molecule has 1 aromatic heterocycles. The van der Waals surface area contributed by atoms with Gasteiger partial charge >= 0.3 is 0 Å². The van der Waals surface area contributed by atoms with E-state index in [1.54, 1.807) is 29.2 Å². The van der Waals surface area contributed by atoms with Gasteiger partial charge in [-0.1, -0.05) is 24.3 Å². The molecule has 0 saturated carbocycles. The number of aromatic nitrogens is 1. The molecule has 204 valence electrons. The standard InChI is InChI=1S/C28H28ClN3O7/c29-10-14-11-32(27(37)19-8-13-7-15(30)5-6-18(13)31-19)20-9-21(16-3-1-2-4-17(16)23(14)20)38-28-26(36)25(35)24(34)22(12-33)39-28/h1-9,14,22,24-26,28,31,33-36H,10-12,30H2/t14?,22?,24?,25-,26-,28?/m1/s1. The molecule has 0 aliphatic carbocycles. The molecule has 11 heteroatoms. The van der Waals surface area contributed by atoms with E-state index in [-0.39, 0.29) is 17.7 Å². The summed E-state index contributed by atoms with van der Waals surface area (Å²) < 4.78 is 11.7. The molecule has 3 heterocycles. The second-order valence-electron chi connectivity index (χ2n) is 9.96. The number of fused-ring (bicyclic) bond motifs is 4. The monoisotopic (exact) mass is 553 g/mol. The predicted molar refractivity (Wildman–Crippen MR) is 146 cm³/mol. The van der Waals surface area contributed by atoms with Crippen molar-refractivity contribution < 1.29 is 34.7 Å². The zero-order valence-electron chi connectivity index (χ0n) is 20.7. The summed E-state index contributed by atoms with van der Waals surface area (Å²) in [5.41, 5.74) is 9.18. The molecule has 0 spiro atoms. The first-order valence-corrected chi connectivity index (χ1v) is 13.1. The highest BCUT2D eigenvalue weighted by molar-refractivity contribution is 6.19. The number of aromatic amines is 1. The van der Waals surface area contributed by atoms with Crippen LogP contribution in [0.25, 0.3) is 21.7 Å². The number of benzene rings is 3. The highest BCUT2D eigenvalue weighted by atomic mass is 35.5. The van der Waals surface area contributed by atoms with Crippen molar-refractivity contribution in [2.24, 2.45) is 0 Å². The molecule has 39 heavy (non-hydrogen) atoms. The van der Waals surface area contributed by atoms with Gasteiger partial charge in [-0.25, -0.2) is 0 Å². The smallest absolute Gasteiger partial charge is 0.274 e. The van der Waals surface area contributed by atoms with Gasteiger partial charge in [0.05, 0.1) is 12.3 Å². The number of nitrogens with one attached hydrogen (secondary N) is 1. The number of carbonyl (C=O) groups excluding carboxylic acids is 1. The Morgan fingerprint density at radius 3 is 2.59 bits per heavy atom. The van der Waals surface area contributed by atoms with Gasteiger partial charge in [0, 0.05) is 46.4 Å². The summed E-state index contributed by atoms with van der Waals surface area (Å²) in [7, 11) is 0. The van der Waals surface area contributed by atoms with E-state index in [0.29, 0.717) is 34.7 Å². The van der Waals surface area contributed by atoms with Crippen molar-refractivity contribution in [3.05, 3.63) is 65.9 Å². The summed E-state index contributed by atoms with van der Waals surface area (Å²) in [5.74, 6) is 0.187. The fourth-order valence-electron chi connectivity index (χ4n) is 5.53. The fraction of sp³-hybridized carbons (Fsp3) is 0.321. The topological polar surface area (TPSA) is 162 Å². The average Bonchev–Trinajstić information content (AvgIpc) is 3.54. The highest BCUT2D eigenvalue weighted by Gasteiger charge is 2.45. The molecule has 0 bridgehead atoms. The molecule has 10 nitrogen and oxygen atoms in total. The van der Waals surface area contributed by atoms with Crippen LogP contribution in [0.15, 0.2) is 54.6 Å². The molecule has 1 amide bonds. The van der Waals surface area contributed by atoms with E-state index in [1.807, 2.05) is 30.3 Å². The number of ether oxygens (including phenoxy) is 2. The van der Waals surface area contributed by atoms with Crippen LogP contribution < -0.4 is 15.4 Å². The number of amides is 1. The average molecular weight is 554 g/mol. The minimum Gasteiger partial charge on any atom is -0.461 e. The Hall–Kier alpha value is -3.38. The van der Waals surface area contributed by atoms with Crippen molar-refractivity contribution >= 4 is 50.6 Å². The lowest BCUT2D eigenvalue weighted by atomic mass is 9.95. The number of nitrogens with two attached hydrogens (primary N) is 1. The minimum atomic E-state index is -1.59. The maximum absolute atomic E-state index is 13.8. The van der Waals surface area contributed by atoms with Crippen LogP contribution in [-0.2, 0) is 4.74 Å². The van der Waals surface area contributed by atoms with Crippen LogP contribution in [0.4, 0.5) is 11.4 Å². The zero-order valence-corrected chi connectivity index (χ0v) is 21.5. The van der Waals surface area contributed by atoms with Crippen LogP contribution in [0.2, 0.25) is 0 Å². The third kappa shape index (κ3) is 4.29. The van der Waals surface area contributed by atoms with E-state index in [1.165, 1.54) is 0 Å². The molecular weight excluding hydrogens is 526 g/mol. The number of hydrogen-bond acceptors (Lipinski definition) is 8. The normalized spacial score (nSPS) is 26.7. The first-order chi connectivity index (χ1) is 18.8. The van der Waals surface area contributed by atoms with Gasteiger partial charge in [-0.15, -0.1) is 11.6 Å². The SMILES string of the molecule is Nc1ccc2[nH]c(C(=O)N3CC(CCl)c4c3cc(OC3OC(CO)C(O)[C@@H](O)[C@H]3O)c3ccccc43)cc2c1. The van der Waals surface area contributed by atoms with Crippen molar-refractivity contribution in [2.45, 2.75) is 36.6 Å². The van der Waals surface area contributed by atoms with Crippen LogP contribution in [0.5, 0.6) is 5.75 Å². The molecule has 2 aliphatic heterocycles. The molecule has 0 radical (unpaired) electrons. The number of nitrogen functional groups attached to an aromatic ring is 1. The van der Waals surface area contributed by atoms with Crippen molar-refractivity contribution in [1.82, 2.24) is 4.98 Å². The quantitative estimate of drug-likeness (QED) is 0.162. The third-order valence-electron chi connectivity index (χ3n) is 7.53. The third-order valence-corrected chi connectivity index (χ3v) is 7.90. The van der Waals surface area contributed by atoms with Crippen LogP contribution in [0, 0.1) is 0 Å². The van der Waals surface area contributed by atoms with E-state index < -0.39 is 37.3 Å². The fourth-order valence-corrected chi connectivity index (χ4v) is 5.78. The van der Waals surface area contributed by atoms with Crippen LogP contribution in [0.3, 0.4) is 0 Å². The number of halogens is 1. The summed E-state index contributed by atoms with van der Waals surface area (Å²) >= 11 is 6.39. The van der Waals surface area contributed by atoms with Crippen LogP contribution >= 0.6 is 11.6 Å². The molecule has 1 fully saturated rings. The molecule has 1 saturated heterocycles. The number of hydrogen-bond donors (Lipinski definition) is 6. The zero-order chi connectivity index (χ0) is 27.4. The maximum atomic E-state index is 13.8. The second kappa shape index (κ2) is 9.98. The van der Waals surface area contributed by atoms with Gasteiger partial charge in [0.15, 0.2) is 0 Å². The number of rotatable bonds is 5. The molecule has 2 aliphatic rings. The number of aliphatic hydroxyl groups is 4. The Bertz CT molecular complexity index is 1560. The number of nitrogens with zero attached hydrogens (tertiary/aromatic N) is 1.